The first kappa shape index (κ1) is 14.3. The lowest BCUT2D eigenvalue weighted by atomic mass is 10.3. The van der Waals surface area contributed by atoms with E-state index in [0.29, 0.717) is 17.3 Å². The summed E-state index contributed by atoms with van der Waals surface area (Å²) in [7, 11) is 1.72. The highest BCUT2D eigenvalue weighted by Crippen LogP contribution is 2.31. The van der Waals surface area contributed by atoms with E-state index in [2.05, 4.69) is 15.6 Å². The number of nitrogens with one attached hydrogen (secondary N) is 2. The van der Waals surface area contributed by atoms with Gasteiger partial charge in [-0.1, -0.05) is 0 Å². The van der Waals surface area contributed by atoms with Crippen LogP contribution in [0.25, 0.3) is 0 Å². The highest BCUT2D eigenvalue weighted by atomic mass is 19.1. The van der Waals surface area contributed by atoms with Gasteiger partial charge in [0.15, 0.2) is 11.6 Å². The molecule has 0 spiro atoms. The minimum atomic E-state index is -0.466. The van der Waals surface area contributed by atoms with Crippen molar-refractivity contribution >= 4 is 17.4 Å². The number of ether oxygens (including phenoxy) is 1. The van der Waals surface area contributed by atoms with Crippen molar-refractivity contribution in [3.63, 3.8) is 0 Å². The lowest BCUT2D eigenvalue weighted by Crippen LogP contribution is -2.14. The number of aromatic nitrogens is 1. The number of anilines is 2. The van der Waals surface area contributed by atoms with E-state index in [1.54, 1.807) is 31.3 Å². The normalized spacial score (nSPS) is 13.5. The van der Waals surface area contributed by atoms with E-state index in [-0.39, 0.29) is 17.6 Å². The zero-order chi connectivity index (χ0) is 15.5. The summed E-state index contributed by atoms with van der Waals surface area (Å²) in [5.74, 6) is 0.530. The van der Waals surface area contributed by atoms with Crippen molar-refractivity contribution in [2.45, 2.75) is 12.8 Å². The summed E-state index contributed by atoms with van der Waals surface area (Å²) in [5.41, 5.74) is 0.664. The molecule has 5 nitrogen and oxygen atoms in total. The van der Waals surface area contributed by atoms with Gasteiger partial charge in [0.05, 0.1) is 0 Å². The van der Waals surface area contributed by atoms with Gasteiger partial charge in [0, 0.05) is 37.0 Å². The zero-order valence-electron chi connectivity index (χ0n) is 12.1. The van der Waals surface area contributed by atoms with Crippen LogP contribution in [0.1, 0.15) is 12.8 Å². The fourth-order valence-corrected chi connectivity index (χ4v) is 1.98. The lowest BCUT2D eigenvalue weighted by molar-refractivity contribution is -0.117. The summed E-state index contributed by atoms with van der Waals surface area (Å²) in [4.78, 5) is 15.8. The van der Waals surface area contributed by atoms with Gasteiger partial charge in [0.1, 0.15) is 11.6 Å². The minimum absolute atomic E-state index is 0.0331. The average Bonchev–Trinajstić information content (AvgIpc) is 3.34. The van der Waals surface area contributed by atoms with Crippen molar-refractivity contribution in [2.24, 2.45) is 5.92 Å². The highest BCUT2D eigenvalue weighted by Gasteiger charge is 2.29. The summed E-state index contributed by atoms with van der Waals surface area (Å²) >= 11 is 0. The number of hydrogen-bond donors (Lipinski definition) is 2. The third kappa shape index (κ3) is 3.33. The summed E-state index contributed by atoms with van der Waals surface area (Å²) < 4.78 is 19.4. The maximum atomic E-state index is 13.9. The van der Waals surface area contributed by atoms with Gasteiger partial charge in [-0.05, 0) is 31.0 Å². The Morgan fingerprint density at radius 3 is 2.82 bits per heavy atom. The monoisotopic (exact) mass is 301 g/mol. The summed E-state index contributed by atoms with van der Waals surface area (Å²) in [6, 6.07) is 7.80. The van der Waals surface area contributed by atoms with Crippen molar-refractivity contribution in [1.82, 2.24) is 4.98 Å². The second-order valence-corrected chi connectivity index (χ2v) is 5.14. The molecule has 1 aromatic carbocycles. The quantitative estimate of drug-likeness (QED) is 0.888. The van der Waals surface area contributed by atoms with Gasteiger partial charge >= 0.3 is 0 Å². The van der Waals surface area contributed by atoms with Gasteiger partial charge in [0.2, 0.25) is 5.91 Å². The molecule has 1 aliphatic carbocycles. The summed E-state index contributed by atoms with van der Waals surface area (Å²) in [5, 5.41) is 5.58. The van der Waals surface area contributed by atoms with Crippen LogP contribution in [0, 0.1) is 11.7 Å². The predicted octanol–water partition coefficient (Wildman–Crippen LogP) is 3.40. The summed E-state index contributed by atoms with van der Waals surface area (Å²) in [6.07, 6.45) is 3.35. The number of halogens is 1. The first-order valence-corrected chi connectivity index (χ1v) is 7.08. The number of rotatable bonds is 5. The Bertz CT molecular complexity index is 702. The standard InChI is InChI=1S/C16H16FN3O2/c1-18-11-4-5-14(13(17)8-11)22-12-6-7-19-15(9-12)20-16(21)10-2-3-10/h4-10,18H,2-3H2,1H3,(H,19,20,21). The van der Waals surface area contributed by atoms with Crippen LogP contribution < -0.4 is 15.4 Å². The molecule has 114 valence electrons. The van der Waals surface area contributed by atoms with Crippen LogP contribution in [-0.4, -0.2) is 17.9 Å². The van der Waals surface area contributed by atoms with E-state index in [1.165, 1.54) is 12.3 Å². The molecule has 1 amide bonds. The highest BCUT2D eigenvalue weighted by molar-refractivity contribution is 5.93. The van der Waals surface area contributed by atoms with Gasteiger partial charge < -0.3 is 15.4 Å². The molecule has 1 aromatic heterocycles. The zero-order valence-corrected chi connectivity index (χ0v) is 12.1. The van der Waals surface area contributed by atoms with E-state index in [4.69, 9.17) is 4.74 Å². The second-order valence-electron chi connectivity index (χ2n) is 5.14. The maximum Gasteiger partial charge on any atom is 0.228 e. The molecular formula is C16H16FN3O2. The fourth-order valence-electron chi connectivity index (χ4n) is 1.98. The third-order valence-corrected chi connectivity index (χ3v) is 3.38. The molecule has 2 N–H and O–H groups in total. The SMILES string of the molecule is CNc1ccc(Oc2ccnc(NC(=O)C3CC3)c2)c(F)c1. The molecule has 1 saturated carbocycles. The molecule has 0 atom stereocenters. The fraction of sp³-hybridized carbons (Fsp3) is 0.250. The lowest BCUT2D eigenvalue weighted by Gasteiger charge is -2.09. The molecule has 0 radical (unpaired) electrons. The van der Waals surface area contributed by atoms with Crippen molar-refractivity contribution in [2.75, 3.05) is 17.7 Å². The van der Waals surface area contributed by atoms with Crippen LogP contribution in [0.3, 0.4) is 0 Å². The number of benzene rings is 1. The molecule has 1 fully saturated rings. The minimum Gasteiger partial charge on any atom is -0.454 e. The van der Waals surface area contributed by atoms with Crippen LogP contribution in [0.2, 0.25) is 0 Å². The molecule has 0 aliphatic heterocycles. The Morgan fingerprint density at radius 2 is 2.14 bits per heavy atom. The van der Waals surface area contributed by atoms with E-state index in [0.717, 1.165) is 12.8 Å². The Balaban J connectivity index is 1.73. The van der Waals surface area contributed by atoms with Gasteiger partial charge in [-0.3, -0.25) is 4.79 Å². The van der Waals surface area contributed by atoms with E-state index in [9.17, 15) is 9.18 Å². The number of pyridine rings is 1. The maximum absolute atomic E-state index is 13.9. The van der Waals surface area contributed by atoms with Gasteiger partial charge in [0.25, 0.3) is 0 Å². The van der Waals surface area contributed by atoms with E-state index in [1.807, 2.05) is 0 Å². The Hall–Kier alpha value is -2.63. The number of carbonyl (C=O) groups is 1. The molecule has 1 aliphatic rings. The molecular weight excluding hydrogens is 285 g/mol. The third-order valence-electron chi connectivity index (χ3n) is 3.38. The van der Waals surface area contributed by atoms with Crippen LogP contribution in [0.15, 0.2) is 36.5 Å². The Kier molecular flexibility index (Phi) is 3.91. The molecule has 22 heavy (non-hydrogen) atoms. The van der Waals surface area contributed by atoms with Crippen LogP contribution in [0.4, 0.5) is 15.9 Å². The van der Waals surface area contributed by atoms with E-state index >= 15 is 0 Å². The average molecular weight is 301 g/mol. The number of nitrogens with zero attached hydrogens (tertiary/aromatic N) is 1. The predicted molar refractivity (Wildman–Crippen MR) is 81.6 cm³/mol. The molecule has 0 bridgehead atoms. The van der Waals surface area contributed by atoms with Crippen molar-refractivity contribution in [3.8, 4) is 11.5 Å². The number of amides is 1. The number of hydrogen-bond acceptors (Lipinski definition) is 4. The molecule has 1 heterocycles. The van der Waals surface area contributed by atoms with Gasteiger partial charge in [-0.25, -0.2) is 9.37 Å². The first-order valence-electron chi connectivity index (χ1n) is 7.08. The van der Waals surface area contributed by atoms with Crippen LogP contribution >= 0.6 is 0 Å². The van der Waals surface area contributed by atoms with Crippen molar-refractivity contribution in [1.29, 1.82) is 0 Å². The number of carbonyl (C=O) groups excluding carboxylic acids is 1. The van der Waals surface area contributed by atoms with Gasteiger partial charge in [-0.2, -0.15) is 0 Å². The van der Waals surface area contributed by atoms with Crippen molar-refractivity contribution in [3.05, 3.63) is 42.3 Å². The molecule has 2 aromatic rings. The second kappa shape index (κ2) is 6.01. The summed E-state index contributed by atoms with van der Waals surface area (Å²) in [6.45, 7) is 0. The van der Waals surface area contributed by atoms with Crippen molar-refractivity contribution < 1.29 is 13.9 Å². The molecule has 0 saturated heterocycles. The molecule has 0 unspecified atom stereocenters. The van der Waals surface area contributed by atoms with E-state index < -0.39 is 5.82 Å². The molecule has 6 heteroatoms. The van der Waals surface area contributed by atoms with Gasteiger partial charge in [-0.15, -0.1) is 0 Å². The Labute approximate surface area is 127 Å². The smallest absolute Gasteiger partial charge is 0.228 e. The Morgan fingerprint density at radius 1 is 1.32 bits per heavy atom. The van der Waals surface area contributed by atoms with Crippen LogP contribution in [0.5, 0.6) is 11.5 Å². The topological polar surface area (TPSA) is 63.2 Å². The largest absolute Gasteiger partial charge is 0.454 e. The first-order chi connectivity index (χ1) is 10.7. The molecule has 3 rings (SSSR count). The van der Waals surface area contributed by atoms with Crippen LogP contribution in [-0.2, 0) is 4.79 Å².